The van der Waals surface area contributed by atoms with E-state index in [1.807, 2.05) is 35.7 Å². The summed E-state index contributed by atoms with van der Waals surface area (Å²) in [6.45, 7) is 3.37. The Labute approximate surface area is 182 Å². The lowest BCUT2D eigenvalue weighted by Gasteiger charge is -2.22. The largest absolute Gasteiger partial charge is 0.360 e. The summed E-state index contributed by atoms with van der Waals surface area (Å²) in [5.41, 5.74) is 2.04. The van der Waals surface area contributed by atoms with E-state index >= 15 is 0 Å². The monoisotopic (exact) mass is 464 g/mol. The zero-order valence-corrected chi connectivity index (χ0v) is 18.8. The van der Waals surface area contributed by atoms with E-state index in [-0.39, 0.29) is 29.0 Å². The molecule has 3 aromatic rings. The van der Waals surface area contributed by atoms with E-state index in [4.69, 9.17) is 4.52 Å². The van der Waals surface area contributed by atoms with Crippen molar-refractivity contribution in [1.82, 2.24) is 19.8 Å². The van der Waals surface area contributed by atoms with Crippen LogP contribution in [0.2, 0.25) is 0 Å². The number of nitrogens with zero attached hydrogens (tertiary/aromatic N) is 3. The van der Waals surface area contributed by atoms with Gasteiger partial charge >= 0.3 is 0 Å². The topological polar surface area (TPSA) is 105 Å². The summed E-state index contributed by atoms with van der Waals surface area (Å²) in [5.74, 6) is 0.476. The average molecular weight is 465 g/mol. The van der Waals surface area contributed by atoms with E-state index in [1.54, 1.807) is 13.8 Å². The molecule has 30 heavy (non-hydrogen) atoms. The highest BCUT2D eigenvalue weighted by molar-refractivity contribution is 8.00. The number of thioether (sulfide) groups is 1. The molecule has 1 atom stereocenters. The van der Waals surface area contributed by atoms with Crippen LogP contribution in [0.25, 0.3) is 10.6 Å². The first-order valence-electron chi connectivity index (χ1n) is 9.18. The number of aromatic nitrogens is 2. The van der Waals surface area contributed by atoms with E-state index in [0.29, 0.717) is 11.4 Å². The highest BCUT2D eigenvalue weighted by Crippen LogP contribution is 2.31. The third kappa shape index (κ3) is 4.02. The van der Waals surface area contributed by atoms with Gasteiger partial charge in [-0.1, -0.05) is 35.5 Å². The van der Waals surface area contributed by atoms with E-state index in [1.165, 1.54) is 27.4 Å². The normalized spacial score (nSPS) is 17.3. The van der Waals surface area contributed by atoms with Gasteiger partial charge in [0, 0.05) is 16.7 Å². The minimum atomic E-state index is -3.88. The van der Waals surface area contributed by atoms with Crippen molar-refractivity contribution in [2.45, 2.75) is 31.3 Å². The molecule has 1 N–H and O–H groups in total. The molecular weight excluding hydrogens is 444 g/mol. The number of hydrogen-bond acceptors (Lipinski definition) is 8. The lowest BCUT2D eigenvalue weighted by atomic mass is 10.2. The van der Waals surface area contributed by atoms with Gasteiger partial charge in [0.25, 0.3) is 0 Å². The van der Waals surface area contributed by atoms with Gasteiger partial charge in [0.15, 0.2) is 5.76 Å². The van der Waals surface area contributed by atoms with E-state index in [2.05, 4.69) is 15.5 Å². The number of carbonyl (C=O) groups excluding carboxylic acids is 1. The van der Waals surface area contributed by atoms with Crippen molar-refractivity contribution in [3.05, 3.63) is 52.9 Å². The summed E-state index contributed by atoms with van der Waals surface area (Å²) in [6.07, 6.45) is 0. The molecule has 1 amide bonds. The molecule has 1 saturated heterocycles. The molecule has 1 aliphatic rings. The fourth-order valence-corrected chi connectivity index (χ4v) is 7.50. The number of benzene rings is 1. The molecule has 8 nitrogen and oxygen atoms in total. The van der Waals surface area contributed by atoms with Gasteiger partial charge in [-0.05, 0) is 13.8 Å². The van der Waals surface area contributed by atoms with Crippen LogP contribution in [-0.4, -0.2) is 46.4 Å². The van der Waals surface area contributed by atoms with Crippen molar-refractivity contribution < 1.29 is 17.7 Å². The Bertz CT molecular complexity index is 1140. The van der Waals surface area contributed by atoms with Crippen molar-refractivity contribution in [2.75, 3.05) is 11.6 Å². The molecule has 1 aliphatic heterocycles. The first-order valence-corrected chi connectivity index (χ1v) is 12.7. The van der Waals surface area contributed by atoms with Gasteiger partial charge in [-0.3, -0.25) is 4.79 Å². The maximum absolute atomic E-state index is 13.1. The number of amides is 1. The second-order valence-corrected chi connectivity index (χ2v) is 10.5. The summed E-state index contributed by atoms with van der Waals surface area (Å²) in [4.78, 5) is 17.4. The number of carbonyl (C=O) groups is 1. The lowest BCUT2D eigenvalue weighted by molar-refractivity contribution is -0.124. The average Bonchev–Trinajstić information content (AvgIpc) is 3.47. The predicted molar refractivity (Wildman–Crippen MR) is 116 cm³/mol. The van der Waals surface area contributed by atoms with Crippen LogP contribution in [0.1, 0.15) is 17.1 Å². The van der Waals surface area contributed by atoms with Crippen LogP contribution in [0.4, 0.5) is 0 Å². The van der Waals surface area contributed by atoms with E-state index in [9.17, 15) is 13.2 Å². The first-order chi connectivity index (χ1) is 14.4. The second kappa shape index (κ2) is 8.50. The molecule has 0 saturated carbocycles. The van der Waals surface area contributed by atoms with Crippen molar-refractivity contribution >= 4 is 39.0 Å². The third-order valence-corrected chi connectivity index (χ3v) is 8.91. The Balaban J connectivity index is 1.45. The molecule has 0 bridgehead atoms. The highest BCUT2D eigenvalue weighted by Gasteiger charge is 2.42. The Hall–Kier alpha value is -2.21. The van der Waals surface area contributed by atoms with Crippen molar-refractivity contribution in [2.24, 2.45) is 0 Å². The summed E-state index contributed by atoms with van der Waals surface area (Å²) in [5, 5.41) is 9.33. The second-order valence-electron chi connectivity index (χ2n) is 6.79. The zero-order valence-electron chi connectivity index (χ0n) is 16.4. The SMILES string of the molecule is Cc1noc(C)c1S(=O)(=O)N1CSC[C@@H]1C(=O)NCc1csc(-c2ccccc2)n1. The molecule has 4 rings (SSSR count). The zero-order chi connectivity index (χ0) is 21.3. The van der Waals surface area contributed by atoms with E-state index in [0.717, 1.165) is 16.3 Å². The molecule has 0 radical (unpaired) electrons. The number of thiazole rings is 1. The van der Waals surface area contributed by atoms with Crippen molar-refractivity contribution in [1.29, 1.82) is 0 Å². The molecule has 1 fully saturated rings. The van der Waals surface area contributed by atoms with Gasteiger partial charge in [-0.15, -0.1) is 23.1 Å². The van der Waals surface area contributed by atoms with Crippen LogP contribution < -0.4 is 5.32 Å². The maximum Gasteiger partial charge on any atom is 0.249 e. The van der Waals surface area contributed by atoms with E-state index < -0.39 is 16.1 Å². The minimum Gasteiger partial charge on any atom is -0.360 e. The number of sulfonamides is 1. The van der Waals surface area contributed by atoms with Crippen LogP contribution in [0.15, 0.2) is 45.1 Å². The number of rotatable bonds is 6. The summed E-state index contributed by atoms with van der Waals surface area (Å²) in [6, 6.07) is 9.01. The van der Waals surface area contributed by atoms with Gasteiger partial charge in [0.05, 0.1) is 18.1 Å². The molecule has 158 valence electrons. The van der Waals surface area contributed by atoms with Crippen LogP contribution >= 0.6 is 23.1 Å². The summed E-state index contributed by atoms with van der Waals surface area (Å²) < 4.78 is 32.4. The molecular formula is C19H20N4O4S3. The van der Waals surface area contributed by atoms with Gasteiger partial charge in [0.1, 0.15) is 21.6 Å². The standard InChI is InChI=1S/C19H20N4O4S3/c1-12-17(13(2)27-22-12)30(25,26)23-11-28-10-16(23)18(24)20-8-15-9-29-19(21-15)14-6-4-3-5-7-14/h3-7,9,16H,8,10-11H2,1-2H3,(H,20,24)/t16-/m1/s1. The molecule has 11 heteroatoms. The Kier molecular flexibility index (Phi) is 5.96. The third-order valence-electron chi connectivity index (χ3n) is 4.70. The predicted octanol–water partition coefficient (Wildman–Crippen LogP) is 2.79. The summed E-state index contributed by atoms with van der Waals surface area (Å²) in [7, 11) is -3.88. The molecule has 0 spiro atoms. The first kappa shape index (κ1) is 21.0. The van der Waals surface area contributed by atoms with Crippen LogP contribution in [-0.2, 0) is 21.4 Å². The van der Waals surface area contributed by atoms with Gasteiger partial charge in [-0.25, -0.2) is 13.4 Å². The van der Waals surface area contributed by atoms with Gasteiger partial charge in [0.2, 0.25) is 15.9 Å². The molecule has 3 heterocycles. The quantitative estimate of drug-likeness (QED) is 0.598. The molecule has 2 aromatic heterocycles. The van der Waals surface area contributed by atoms with Gasteiger partial charge in [-0.2, -0.15) is 4.31 Å². The smallest absolute Gasteiger partial charge is 0.249 e. The molecule has 0 aliphatic carbocycles. The number of nitrogens with one attached hydrogen (secondary N) is 1. The fourth-order valence-electron chi connectivity index (χ4n) is 3.23. The summed E-state index contributed by atoms with van der Waals surface area (Å²) >= 11 is 2.90. The fraction of sp³-hybridized carbons (Fsp3) is 0.316. The van der Waals surface area contributed by atoms with Crippen molar-refractivity contribution in [3.63, 3.8) is 0 Å². The van der Waals surface area contributed by atoms with Crippen LogP contribution in [0.5, 0.6) is 0 Å². The highest BCUT2D eigenvalue weighted by atomic mass is 32.2. The maximum atomic E-state index is 13.1. The van der Waals surface area contributed by atoms with Crippen LogP contribution in [0.3, 0.4) is 0 Å². The van der Waals surface area contributed by atoms with Crippen LogP contribution in [0, 0.1) is 13.8 Å². The van der Waals surface area contributed by atoms with Crippen molar-refractivity contribution in [3.8, 4) is 10.6 Å². The number of aryl methyl sites for hydroxylation is 2. The Morgan fingerprint density at radius 3 is 2.77 bits per heavy atom. The Morgan fingerprint density at radius 2 is 2.07 bits per heavy atom. The Morgan fingerprint density at radius 1 is 1.30 bits per heavy atom. The molecule has 0 unspecified atom stereocenters. The van der Waals surface area contributed by atoms with Gasteiger partial charge < -0.3 is 9.84 Å². The minimum absolute atomic E-state index is 0.0369. The number of hydrogen-bond donors (Lipinski definition) is 1. The molecule has 1 aromatic carbocycles. The lowest BCUT2D eigenvalue weighted by Crippen LogP contribution is -2.47.